The van der Waals surface area contributed by atoms with Gasteiger partial charge in [0.2, 0.25) is 0 Å². The number of nitrogens with one attached hydrogen (secondary N) is 1. The summed E-state index contributed by atoms with van der Waals surface area (Å²) in [5, 5.41) is 22.1. The summed E-state index contributed by atoms with van der Waals surface area (Å²) in [6.45, 7) is 0. The fraction of sp³-hybridized carbons (Fsp3) is 0. The summed E-state index contributed by atoms with van der Waals surface area (Å²) in [7, 11) is 0. The Labute approximate surface area is 319 Å². The zero-order valence-corrected chi connectivity index (χ0v) is 29.9. The fourth-order valence-electron chi connectivity index (χ4n) is 7.99. The number of rotatable bonds is 6. The lowest BCUT2D eigenvalue weighted by atomic mass is 9.84. The predicted molar refractivity (Wildman–Crippen MR) is 231 cm³/mol. The SMILES string of the molecule is N=C1C=C(c2cccc(-c3c4ccccc4c(-c4cccc5ccccc45)c4ccccc34)c2)C=CC1=N[NH2+]c1ccc(-c2cnc3ccccc3c2)cc1. The van der Waals surface area contributed by atoms with Gasteiger partial charge in [0, 0.05) is 29.3 Å². The fourth-order valence-corrected chi connectivity index (χ4v) is 7.99. The monoisotopic (exact) mass is 703 g/mol. The maximum Gasteiger partial charge on any atom is 0.155 e. The van der Waals surface area contributed by atoms with E-state index in [9.17, 15) is 0 Å². The zero-order chi connectivity index (χ0) is 36.7. The molecular formula is C51H35N4+. The van der Waals surface area contributed by atoms with E-state index >= 15 is 0 Å². The van der Waals surface area contributed by atoms with Crippen LogP contribution in [-0.4, -0.2) is 16.4 Å². The number of pyridine rings is 1. The molecule has 0 saturated heterocycles. The van der Waals surface area contributed by atoms with E-state index in [4.69, 9.17) is 10.5 Å². The smallest absolute Gasteiger partial charge is 0.155 e. The first kappa shape index (κ1) is 32.4. The van der Waals surface area contributed by atoms with Crippen LogP contribution in [0.25, 0.3) is 82.2 Å². The standard InChI is InChI=1S/C51H34N4/c52-47-31-36(25-28-49(47)55-54-40-26-23-33(24-27-40)39-30-37-12-2-8-22-48(37)53-32-39)35-14-9-15-38(29-35)50-43-17-4-6-19-45(43)51(46-20-7-5-18-44(46)50)42-21-10-13-34-11-1-3-16-41(34)42/h1-32,52,54H/p+1. The summed E-state index contributed by atoms with van der Waals surface area (Å²) in [6.07, 6.45) is 7.85. The molecule has 0 radical (unpaired) electrons. The van der Waals surface area contributed by atoms with Crippen molar-refractivity contribution in [1.82, 2.24) is 4.98 Å². The average molecular weight is 704 g/mol. The van der Waals surface area contributed by atoms with Gasteiger partial charge in [0.05, 0.1) is 11.2 Å². The minimum Gasteiger partial charge on any atom is -0.298 e. The first-order chi connectivity index (χ1) is 27.2. The first-order valence-corrected chi connectivity index (χ1v) is 18.6. The van der Waals surface area contributed by atoms with Crippen molar-refractivity contribution in [3.63, 3.8) is 0 Å². The Hall–Kier alpha value is -7.27. The maximum absolute atomic E-state index is 8.91. The summed E-state index contributed by atoms with van der Waals surface area (Å²) in [5.41, 5.74) is 13.9. The van der Waals surface area contributed by atoms with E-state index in [1.165, 1.54) is 49.0 Å². The van der Waals surface area contributed by atoms with Crippen molar-refractivity contribution in [3.05, 3.63) is 200 Å². The Balaban J connectivity index is 0.957. The Kier molecular flexibility index (Phi) is 8.02. The number of benzene rings is 8. The summed E-state index contributed by atoms with van der Waals surface area (Å²) in [5.74, 6) is 0. The van der Waals surface area contributed by atoms with Crippen LogP contribution in [0.1, 0.15) is 5.56 Å². The Morgan fingerprint density at radius 2 is 1.09 bits per heavy atom. The lowest BCUT2D eigenvalue weighted by Gasteiger charge is -2.19. The number of fused-ring (bicyclic) bond motifs is 4. The highest BCUT2D eigenvalue weighted by Gasteiger charge is 2.19. The lowest BCUT2D eigenvalue weighted by molar-refractivity contribution is -0.577. The van der Waals surface area contributed by atoms with Crippen molar-refractivity contribution in [2.24, 2.45) is 5.10 Å². The molecule has 0 unspecified atom stereocenters. The maximum atomic E-state index is 8.91. The van der Waals surface area contributed by atoms with Crippen LogP contribution in [-0.2, 0) is 0 Å². The van der Waals surface area contributed by atoms with E-state index in [1.54, 1.807) is 0 Å². The van der Waals surface area contributed by atoms with Gasteiger partial charge in [0.15, 0.2) is 5.69 Å². The van der Waals surface area contributed by atoms with Crippen molar-refractivity contribution in [3.8, 4) is 33.4 Å². The lowest BCUT2D eigenvalue weighted by Crippen LogP contribution is -2.71. The van der Waals surface area contributed by atoms with Crippen LogP contribution in [0.5, 0.6) is 0 Å². The number of allylic oxidation sites excluding steroid dienone is 4. The second kappa shape index (κ2) is 13.6. The molecule has 1 aliphatic rings. The van der Waals surface area contributed by atoms with E-state index in [-0.39, 0.29) is 0 Å². The van der Waals surface area contributed by atoms with Crippen LogP contribution in [0.4, 0.5) is 5.69 Å². The highest BCUT2D eigenvalue weighted by Crippen LogP contribution is 2.45. The van der Waals surface area contributed by atoms with Gasteiger partial charge in [-0.05, 0) is 114 Å². The molecule has 0 atom stereocenters. The molecule has 0 saturated carbocycles. The van der Waals surface area contributed by atoms with Gasteiger partial charge in [-0.2, -0.15) is 5.43 Å². The zero-order valence-electron chi connectivity index (χ0n) is 29.9. The topological polar surface area (TPSA) is 65.7 Å². The van der Waals surface area contributed by atoms with Crippen molar-refractivity contribution in [2.45, 2.75) is 0 Å². The van der Waals surface area contributed by atoms with Gasteiger partial charge in [0.25, 0.3) is 0 Å². The summed E-state index contributed by atoms with van der Waals surface area (Å²) >= 11 is 0. The molecule has 9 aromatic rings. The predicted octanol–water partition coefficient (Wildman–Crippen LogP) is 11.9. The molecule has 1 heterocycles. The molecule has 4 heteroatoms. The molecule has 258 valence electrons. The van der Waals surface area contributed by atoms with Gasteiger partial charge >= 0.3 is 0 Å². The molecule has 0 fully saturated rings. The van der Waals surface area contributed by atoms with E-state index in [0.29, 0.717) is 11.4 Å². The van der Waals surface area contributed by atoms with Crippen LogP contribution in [0.3, 0.4) is 0 Å². The van der Waals surface area contributed by atoms with E-state index < -0.39 is 0 Å². The van der Waals surface area contributed by atoms with Crippen LogP contribution < -0.4 is 5.43 Å². The molecule has 8 aromatic carbocycles. The number of hydrogen-bond acceptors (Lipinski definition) is 3. The van der Waals surface area contributed by atoms with Gasteiger partial charge in [-0.25, -0.2) is 0 Å². The van der Waals surface area contributed by atoms with Crippen LogP contribution in [0.15, 0.2) is 199 Å². The van der Waals surface area contributed by atoms with Crippen LogP contribution in [0.2, 0.25) is 0 Å². The van der Waals surface area contributed by atoms with Gasteiger partial charge in [-0.15, -0.1) is 0 Å². The number of nitrogens with two attached hydrogens (primary N) is 1. The average Bonchev–Trinajstić information content (AvgIpc) is 3.25. The third-order valence-corrected chi connectivity index (χ3v) is 10.7. The van der Waals surface area contributed by atoms with Crippen LogP contribution in [0, 0.1) is 5.41 Å². The third-order valence-electron chi connectivity index (χ3n) is 10.7. The molecule has 1 aliphatic carbocycles. The molecule has 0 aliphatic heterocycles. The highest BCUT2D eigenvalue weighted by atomic mass is 15.3. The summed E-state index contributed by atoms with van der Waals surface area (Å²) < 4.78 is 0. The van der Waals surface area contributed by atoms with Gasteiger partial charge in [-0.3, -0.25) is 10.4 Å². The molecule has 1 aromatic heterocycles. The van der Waals surface area contributed by atoms with Crippen molar-refractivity contribution in [2.75, 3.05) is 0 Å². The minimum absolute atomic E-state index is 0.383. The van der Waals surface area contributed by atoms with Crippen molar-refractivity contribution >= 4 is 65.9 Å². The van der Waals surface area contributed by atoms with Crippen LogP contribution >= 0.6 is 0 Å². The first-order valence-electron chi connectivity index (χ1n) is 18.6. The quantitative estimate of drug-likeness (QED) is 0.0585. The third kappa shape index (κ3) is 5.91. The van der Waals surface area contributed by atoms with Gasteiger partial charge in [0.1, 0.15) is 5.71 Å². The molecular weight excluding hydrogens is 669 g/mol. The Morgan fingerprint density at radius 1 is 0.473 bits per heavy atom. The van der Waals surface area contributed by atoms with E-state index in [1.807, 2.05) is 42.0 Å². The number of hydrogen-bond donors (Lipinski definition) is 2. The van der Waals surface area contributed by atoms with Gasteiger partial charge < -0.3 is 0 Å². The van der Waals surface area contributed by atoms with Gasteiger partial charge in [-0.1, -0.05) is 139 Å². The minimum atomic E-state index is 0.383. The summed E-state index contributed by atoms with van der Waals surface area (Å²) in [4.78, 5) is 4.61. The second-order valence-corrected chi connectivity index (χ2v) is 14.0. The molecule has 0 amide bonds. The second-order valence-electron chi connectivity index (χ2n) is 14.0. The Morgan fingerprint density at radius 3 is 1.84 bits per heavy atom. The normalized spacial score (nSPS) is 13.6. The molecule has 0 bridgehead atoms. The van der Waals surface area contributed by atoms with Crippen molar-refractivity contribution in [1.29, 1.82) is 5.41 Å². The number of aromatic nitrogens is 1. The molecule has 0 spiro atoms. The number of quaternary nitrogens is 1. The number of para-hydroxylation sites is 1. The summed E-state index contributed by atoms with van der Waals surface area (Å²) in [6, 6.07) is 60.2. The molecule has 4 nitrogen and oxygen atoms in total. The van der Waals surface area contributed by atoms with E-state index in [2.05, 4.69) is 163 Å². The molecule has 10 rings (SSSR count). The molecule has 55 heavy (non-hydrogen) atoms. The largest absolute Gasteiger partial charge is 0.298 e. The highest BCUT2D eigenvalue weighted by molar-refractivity contribution is 6.51. The van der Waals surface area contributed by atoms with E-state index in [0.717, 1.165) is 44.4 Å². The number of nitrogens with zero attached hydrogens (tertiary/aromatic N) is 2. The molecule has 3 N–H and O–H groups in total. The Bertz CT molecular complexity index is 3020. The van der Waals surface area contributed by atoms with Crippen molar-refractivity contribution < 1.29 is 5.43 Å².